The van der Waals surface area contributed by atoms with Gasteiger partial charge in [0.1, 0.15) is 11.9 Å². The molecule has 0 amide bonds. The molecule has 4 fully saturated rings. The molecule has 0 heterocycles. The van der Waals surface area contributed by atoms with Crippen molar-refractivity contribution in [3.8, 4) is 0 Å². The van der Waals surface area contributed by atoms with Crippen molar-refractivity contribution in [2.45, 2.75) is 119 Å². The molecular weight excluding hydrogens is 464 g/mol. The van der Waals surface area contributed by atoms with E-state index in [1.54, 1.807) is 0 Å². The Labute approximate surface area is 223 Å². The molecule has 206 valence electrons. The Bertz CT molecular complexity index is 1070. The van der Waals surface area contributed by atoms with E-state index in [9.17, 15) is 19.5 Å². The van der Waals surface area contributed by atoms with Gasteiger partial charge in [0.2, 0.25) is 0 Å². The number of esters is 1. The molecule has 0 aromatic heterocycles. The van der Waals surface area contributed by atoms with Gasteiger partial charge in [-0.2, -0.15) is 0 Å². The maximum absolute atomic E-state index is 14.1. The minimum atomic E-state index is -0.648. The summed E-state index contributed by atoms with van der Waals surface area (Å²) in [6.45, 7) is 17.5. The Kier molecular flexibility index (Phi) is 5.78. The standard InChI is InChI=1S/C32H48O5/c1-19(33)37-25-17-24(34)31(8)22(28(25,4)5)11-12-30(7)23(31)10-9-20-21-18-27(2,3)13-15-32(21,26(35)36)16-14-29(20,30)6/h9,21-23,25H,10-18H2,1-8H3,(H,35,36). The van der Waals surface area contributed by atoms with Crippen LogP contribution in [0.1, 0.15) is 113 Å². The van der Waals surface area contributed by atoms with Crippen molar-refractivity contribution in [1.29, 1.82) is 0 Å². The molecule has 5 heteroatoms. The maximum atomic E-state index is 14.1. The van der Waals surface area contributed by atoms with E-state index in [2.05, 4.69) is 54.5 Å². The molecule has 0 spiro atoms. The Morgan fingerprint density at radius 3 is 2.22 bits per heavy atom. The third-order valence-electron chi connectivity index (χ3n) is 13.2. The van der Waals surface area contributed by atoms with E-state index in [4.69, 9.17) is 4.74 Å². The molecule has 5 rings (SSSR count). The Balaban J connectivity index is 1.59. The molecule has 5 nitrogen and oxygen atoms in total. The quantitative estimate of drug-likeness (QED) is 0.319. The number of carboxylic acid groups (broad SMARTS) is 1. The summed E-state index contributed by atoms with van der Waals surface area (Å²) in [6, 6.07) is 0. The number of carboxylic acids is 1. The first-order valence-electron chi connectivity index (χ1n) is 14.6. The zero-order valence-electron chi connectivity index (χ0n) is 24.3. The largest absolute Gasteiger partial charge is 0.481 e. The number of ketones is 1. The van der Waals surface area contributed by atoms with E-state index < -0.39 is 16.8 Å². The SMILES string of the molecule is CC(=O)OC1CC(=O)C2(C)C(CCC3(C)C2CC=C2C4CC(C)(C)CCC4(C(=O)O)CCC23C)C1(C)C. The van der Waals surface area contributed by atoms with Crippen LogP contribution in [0, 0.1) is 50.2 Å². The van der Waals surface area contributed by atoms with Gasteiger partial charge in [-0.1, -0.05) is 60.1 Å². The monoisotopic (exact) mass is 512 g/mol. The molecule has 1 N–H and O–H groups in total. The predicted octanol–water partition coefficient (Wildman–Crippen LogP) is 6.98. The average Bonchev–Trinajstić information content (AvgIpc) is 2.77. The summed E-state index contributed by atoms with van der Waals surface area (Å²) in [4.78, 5) is 38.7. The van der Waals surface area contributed by atoms with Crippen molar-refractivity contribution >= 4 is 17.7 Å². The third kappa shape index (κ3) is 3.37. The smallest absolute Gasteiger partial charge is 0.310 e. The van der Waals surface area contributed by atoms with Crippen LogP contribution in [-0.2, 0) is 19.1 Å². The van der Waals surface area contributed by atoms with Gasteiger partial charge in [-0.15, -0.1) is 0 Å². The summed E-state index contributed by atoms with van der Waals surface area (Å²) < 4.78 is 5.72. The van der Waals surface area contributed by atoms with Crippen LogP contribution in [0.15, 0.2) is 11.6 Å². The molecule has 0 radical (unpaired) electrons. The van der Waals surface area contributed by atoms with E-state index >= 15 is 0 Å². The van der Waals surface area contributed by atoms with Gasteiger partial charge in [-0.25, -0.2) is 0 Å². The fourth-order valence-corrected chi connectivity index (χ4v) is 10.7. The lowest BCUT2D eigenvalue weighted by molar-refractivity contribution is -0.209. The number of allylic oxidation sites excluding steroid dienone is 2. The number of fused-ring (bicyclic) bond motifs is 7. The molecule has 0 bridgehead atoms. The van der Waals surface area contributed by atoms with E-state index in [-0.39, 0.29) is 57.3 Å². The first-order chi connectivity index (χ1) is 17.0. The van der Waals surface area contributed by atoms with Crippen LogP contribution in [0.3, 0.4) is 0 Å². The van der Waals surface area contributed by atoms with Gasteiger partial charge in [0, 0.05) is 24.2 Å². The van der Waals surface area contributed by atoms with Crippen molar-refractivity contribution in [2.75, 3.05) is 0 Å². The molecule has 5 aliphatic carbocycles. The van der Waals surface area contributed by atoms with Crippen LogP contribution >= 0.6 is 0 Å². The van der Waals surface area contributed by atoms with Gasteiger partial charge in [0.25, 0.3) is 0 Å². The van der Waals surface area contributed by atoms with Crippen molar-refractivity contribution in [3.63, 3.8) is 0 Å². The molecule has 5 aliphatic rings. The Morgan fingerprint density at radius 1 is 0.946 bits per heavy atom. The number of Topliss-reactive ketones (excluding diaryl/α,β-unsaturated/α-hetero) is 1. The lowest BCUT2D eigenvalue weighted by Gasteiger charge is -2.70. The van der Waals surface area contributed by atoms with Gasteiger partial charge < -0.3 is 9.84 Å². The molecule has 8 unspecified atom stereocenters. The number of hydrogen-bond acceptors (Lipinski definition) is 4. The summed E-state index contributed by atoms with van der Waals surface area (Å²) in [5.41, 5.74) is -0.0728. The summed E-state index contributed by atoms with van der Waals surface area (Å²) in [6.07, 6.45) is 9.37. The van der Waals surface area contributed by atoms with Crippen LogP contribution in [0.5, 0.6) is 0 Å². The fraction of sp³-hybridized carbons (Fsp3) is 0.844. The van der Waals surface area contributed by atoms with Crippen LogP contribution in [0.4, 0.5) is 0 Å². The lowest BCUT2D eigenvalue weighted by atomic mass is 9.33. The summed E-state index contributed by atoms with van der Waals surface area (Å²) in [5, 5.41) is 10.5. The van der Waals surface area contributed by atoms with Crippen LogP contribution < -0.4 is 0 Å². The van der Waals surface area contributed by atoms with Gasteiger partial charge >= 0.3 is 11.9 Å². The molecule has 0 aromatic rings. The van der Waals surface area contributed by atoms with Crippen LogP contribution in [0.2, 0.25) is 0 Å². The number of carbonyl (C=O) groups is 3. The lowest BCUT2D eigenvalue weighted by Crippen LogP contribution is -2.67. The van der Waals surface area contributed by atoms with Crippen molar-refractivity contribution in [1.82, 2.24) is 0 Å². The molecule has 4 saturated carbocycles. The number of ether oxygens (including phenoxy) is 1. The topological polar surface area (TPSA) is 80.7 Å². The second-order valence-electron chi connectivity index (χ2n) is 15.5. The summed E-state index contributed by atoms with van der Waals surface area (Å²) in [5.74, 6) is -0.257. The highest BCUT2D eigenvalue weighted by Crippen LogP contribution is 2.75. The third-order valence-corrected chi connectivity index (χ3v) is 13.2. The van der Waals surface area contributed by atoms with Crippen LogP contribution in [-0.4, -0.2) is 28.9 Å². The highest BCUT2D eigenvalue weighted by molar-refractivity contribution is 5.87. The van der Waals surface area contributed by atoms with Crippen molar-refractivity contribution in [2.24, 2.45) is 50.2 Å². The minimum absolute atomic E-state index is 0.0719. The second kappa shape index (κ2) is 7.94. The minimum Gasteiger partial charge on any atom is -0.481 e. The van der Waals surface area contributed by atoms with E-state index in [1.165, 1.54) is 12.5 Å². The highest BCUT2D eigenvalue weighted by Gasteiger charge is 2.71. The summed E-state index contributed by atoms with van der Waals surface area (Å²) in [7, 11) is 0. The zero-order valence-corrected chi connectivity index (χ0v) is 24.3. The van der Waals surface area contributed by atoms with E-state index in [0.717, 1.165) is 51.4 Å². The Hall–Kier alpha value is -1.65. The highest BCUT2D eigenvalue weighted by atomic mass is 16.5. The van der Waals surface area contributed by atoms with Crippen LogP contribution in [0.25, 0.3) is 0 Å². The number of aliphatic carboxylic acids is 1. The van der Waals surface area contributed by atoms with E-state index in [1.807, 2.05) is 0 Å². The number of hydrogen-bond donors (Lipinski definition) is 1. The zero-order chi connectivity index (χ0) is 27.4. The molecule has 0 aliphatic heterocycles. The van der Waals surface area contributed by atoms with Gasteiger partial charge in [-0.3, -0.25) is 14.4 Å². The normalized spacial score (nSPS) is 47.9. The maximum Gasteiger partial charge on any atom is 0.310 e. The summed E-state index contributed by atoms with van der Waals surface area (Å²) >= 11 is 0. The first kappa shape index (κ1) is 26.9. The number of carbonyl (C=O) groups excluding carboxylic acids is 2. The van der Waals surface area contributed by atoms with E-state index in [0.29, 0.717) is 6.42 Å². The second-order valence-corrected chi connectivity index (χ2v) is 15.5. The van der Waals surface area contributed by atoms with Crippen molar-refractivity contribution < 1.29 is 24.2 Å². The molecule has 37 heavy (non-hydrogen) atoms. The Morgan fingerprint density at radius 2 is 1.59 bits per heavy atom. The molecule has 0 aromatic carbocycles. The fourth-order valence-electron chi connectivity index (χ4n) is 10.7. The van der Waals surface area contributed by atoms with Crippen molar-refractivity contribution in [3.05, 3.63) is 11.6 Å². The van der Waals surface area contributed by atoms with Gasteiger partial charge in [0.15, 0.2) is 0 Å². The molecule has 0 saturated heterocycles. The molecule has 8 atom stereocenters. The van der Waals surface area contributed by atoms with Gasteiger partial charge in [-0.05, 0) is 85.4 Å². The molecular formula is C32H48O5. The average molecular weight is 513 g/mol. The van der Waals surface area contributed by atoms with Gasteiger partial charge in [0.05, 0.1) is 5.41 Å². The predicted molar refractivity (Wildman–Crippen MR) is 143 cm³/mol. The number of rotatable bonds is 2. The first-order valence-corrected chi connectivity index (χ1v) is 14.6.